The summed E-state index contributed by atoms with van der Waals surface area (Å²) in [5.74, 6) is 0.449. The average molecular weight is 503 g/mol. The summed E-state index contributed by atoms with van der Waals surface area (Å²) in [4.78, 5) is 25.0. The molecule has 36 heavy (non-hydrogen) atoms. The van der Waals surface area contributed by atoms with Crippen LogP contribution in [0.15, 0.2) is 95.9 Å². The molecule has 4 aromatic rings. The summed E-state index contributed by atoms with van der Waals surface area (Å²) >= 11 is 0. The zero-order valence-electron chi connectivity index (χ0n) is 19.5. The van der Waals surface area contributed by atoms with E-state index in [-0.39, 0.29) is 22.7 Å². The molecular formula is C28H22O7S. The second-order valence-corrected chi connectivity index (χ2v) is 9.40. The third-order valence-corrected chi connectivity index (χ3v) is 6.39. The number of aryl methyl sites for hydroxylation is 1. The molecular weight excluding hydrogens is 480 g/mol. The summed E-state index contributed by atoms with van der Waals surface area (Å²) in [6.07, 6.45) is 0. The lowest BCUT2D eigenvalue weighted by atomic mass is 10.0. The Morgan fingerprint density at radius 2 is 1.11 bits per heavy atom. The molecule has 0 aliphatic rings. The minimum atomic E-state index is -4.65. The van der Waals surface area contributed by atoms with Crippen molar-refractivity contribution in [3.05, 3.63) is 119 Å². The minimum absolute atomic E-state index is 0.0905. The van der Waals surface area contributed by atoms with Crippen LogP contribution in [0.25, 0.3) is 0 Å². The van der Waals surface area contributed by atoms with Crippen molar-refractivity contribution in [3.63, 3.8) is 0 Å². The van der Waals surface area contributed by atoms with Crippen molar-refractivity contribution in [2.45, 2.75) is 11.8 Å². The molecule has 0 amide bonds. The van der Waals surface area contributed by atoms with Gasteiger partial charge in [-0.25, -0.2) is 0 Å². The highest BCUT2D eigenvalue weighted by molar-refractivity contribution is 7.86. The first-order valence-corrected chi connectivity index (χ1v) is 12.3. The maximum atomic E-state index is 12.9. The van der Waals surface area contributed by atoms with Crippen molar-refractivity contribution in [1.29, 1.82) is 0 Å². The summed E-state index contributed by atoms with van der Waals surface area (Å²) in [7, 11) is -3.30. The van der Waals surface area contributed by atoms with Crippen molar-refractivity contribution < 1.29 is 32.0 Å². The van der Waals surface area contributed by atoms with Gasteiger partial charge in [-0.1, -0.05) is 29.8 Å². The van der Waals surface area contributed by atoms with Gasteiger partial charge < -0.3 is 9.47 Å². The highest BCUT2D eigenvalue weighted by Crippen LogP contribution is 2.27. The molecule has 0 bridgehead atoms. The van der Waals surface area contributed by atoms with Crippen molar-refractivity contribution in [2.24, 2.45) is 0 Å². The standard InChI is InChI=1S/C28H22O7S/c1-18-3-5-19(6-4-18)27(29)20-7-11-22(12-8-20)35-23-13-9-21(10-14-23)28(30)25-16-15-24(34-2)17-26(25)36(31,32)33/h3-17H,1-2H3,(H,31,32,33). The number of ether oxygens (including phenoxy) is 2. The second-order valence-electron chi connectivity index (χ2n) is 8.01. The molecule has 0 radical (unpaired) electrons. The molecule has 0 atom stereocenters. The molecule has 0 aliphatic carbocycles. The topological polar surface area (TPSA) is 107 Å². The Hall–Kier alpha value is -4.27. The van der Waals surface area contributed by atoms with Crippen molar-refractivity contribution in [3.8, 4) is 17.2 Å². The molecule has 8 heteroatoms. The Morgan fingerprint density at radius 3 is 1.58 bits per heavy atom. The molecule has 0 unspecified atom stereocenters. The van der Waals surface area contributed by atoms with Gasteiger partial charge in [0.25, 0.3) is 10.1 Å². The van der Waals surface area contributed by atoms with Crippen LogP contribution >= 0.6 is 0 Å². The molecule has 1 N–H and O–H groups in total. The molecule has 0 saturated carbocycles. The SMILES string of the molecule is COc1ccc(C(=O)c2ccc(Oc3ccc(C(=O)c4ccc(C)cc4)cc3)cc2)c(S(=O)(=O)O)c1. The Kier molecular flexibility index (Phi) is 7.00. The third-order valence-electron chi connectivity index (χ3n) is 5.49. The average Bonchev–Trinajstić information content (AvgIpc) is 2.88. The van der Waals surface area contributed by atoms with Gasteiger partial charge in [0.05, 0.1) is 7.11 Å². The van der Waals surface area contributed by atoms with Crippen molar-refractivity contribution >= 4 is 21.7 Å². The Bertz CT molecular complexity index is 1520. The quantitative estimate of drug-likeness (QED) is 0.250. The second kappa shape index (κ2) is 10.2. The van der Waals surface area contributed by atoms with E-state index in [9.17, 15) is 22.6 Å². The van der Waals surface area contributed by atoms with Gasteiger partial charge in [-0.05, 0) is 67.6 Å². The van der Waals surface area contributed by atoms with E-state index >= 15 is 0 Å². The summed E-state index contributed by atoms with van der Waals surface area (Å²) < 4.78 is 43.9. The van der Waals surface area contributed by atoms with E-state index < -0.39 is 20.8 Å². The molecule has 0 saturated heterocycles. The highest BCUT2D eigenvalue weighted by Gasteiger charge is 2.22. The zero-order valence-corrected chi connectivity index (χ0v) is 20.3. The van der Waals surface area contributed by atoms with Gasteiger partial charge in [-0.2, -0.15) is 8.42 Å². The maximum absolute atomic E-state index is 12.9. The molecule has 0 spiro atoms. The summed E-state index contributed by atoms with van der Waals surface area (Å²) in [6.45, 7) is 1.96. The summed E-state index contributed by atoms with van der Waals surface area (Å²) in [5, 5.41) is 0. The van der Waals surface area contributed by atoms with E-state index in [1.165, 1.54) is 31.4 Å². The van der Waals surface area contributed by atoms with Crippen LogP contribution in [0.3, 0.4) is 0 Å². The number of hydrogen-bond donors (Lipinski definition) is 1. The first kappa shape index (κ1) is 24.8. The van der Waals surface area contributed by atoms with Crippen LogP contribution in [-0.2, 0) is 10.1 Å². The first-order chi connectivity index (χ1) is 17.2. The lowest BCUT2D eigenvalue weighted by Gasteiger charge is -2.10. The lowest BCUT2D eigenvalue weighted by molar-refractivity contribution is 0.102. The van der Waals surface area contributed by atoms with Gasteiger partial charge in [0.2, 0.25) is 0 Å². The smallest absolute Gasteiger partial charge is 0.295 e. The van der Waals surface area contributed by atoms with Crippen LogP contribution in [0.4, 0.5) is 0 Å². The van der Waals surface area contributed by atoms with Crippen LogP contribution < -0.4 is 9.47 Å². The summed E-state index contributed by atoms with van der Waals surface area (Å²) in [6, 6.07) is 24.0. The predicted octanol–water partition coefficient (Wildman–Crippen LogP) is 5.50. The number of ketones is 2. The molecule has 0 fully saturated rings. The monoisotopic (exact) mass is 502 g/mol. The largest absolute Gasteiger partial charge is 0.497 e. The van der Waals surface area contributed by atoms with E-state index in [0.29, 0.717) is 22.6 Å². The number of carbonyl (C=O) groups excluding carboxylic acids is 2. The van der Waals surface area contributed by atoms with Gasteiger partial charge in [0.1, 0.15) is 22.1 Å². The van der Waals surface area contributed by atoms with E-state index in [1.54, 1.807) is 48.5 Å². The van der Waals surface area contributed by atoms with E-state index in [2.05, 4.69) is 0 Å². The number of methoxy groups -OCH3 is 1. The number of hydrogen-bond acceptors (Lipinski definition) is 6. The number of carbonyl (C=O) groups is 2. The molecule has 0 aliphatic heterocycles. The fourth-order valence-corrected chi connectivity index (χ4v) is 4.25. The van der Waals surface area contributed by atoms with Gasteiger partial charge in [-0.15, -0.1) is 0 Å². The van der Waals surface area contributed by atoms with E-state index in [0.717, 1.165) is 11.6 Å². The Morgan fingerprint density at radius 1 is 0.667 bits per heavy atom. The molecule has 182 valence electrons. The van der Waals surface area contributed by atoms with E-state index in [1.807, 2.05) is 19.1 Å². The Balaban J connectivity index is 1.49. The number of rotatable bonds is 8. The van der Waals surface area contributed by atoms with Gasteiger partial charge >= 0.3 is 0 Å². The molecule has 4 rings (SSSR count). The fourth-order valence-electron chi connectivity index (χ4n) is 3.54. The molecule has 7 nitrogen and oxygen atoms in total. The highest BCUT2D eigenvalue weighted by atomic mass is 32.2. The predicted molar refractivity (Wildman–Crippen MR) is 134 cm³/mol. The molecule has 4 aromatic carbocycles. The van der Waals surface area contributed by atoms with Crippen LogP contribution in [-0.4, -0.2) is 31.6 Å². The van der Waals surface area contributed by atoms with Gasteiger partial charge in [0, 0.05) is 28.3 Å². The maximum Gasteiger partial charge on any atom is 0.295 e. The molecule has 0 aromatic heterocycles. The zero-order chi connectivity index (χ0) is 25.9. The fraction of sp³-hybridized carbons (Fsp3) is 0.0714. The third kappa shape index (κ3) is 5.51. The Labute approximate surface area is 208 Å². The molecule has 0 heterocycles. The van der Waals surface area contributed by atoms with Gasteiger partial charge in [-0.3, -0.25) is 14.1 Å². The lowest BCUT2D eigenvalue weighted by Crippen LogP contribution is -2.10. The number of benzene rings is 4. The van der Waals surface area contributed by atoms with Crippen LogP contribution in [0.5, 0.6) is 17.2 Å². The van der Waals surface area contributed by atoms with Crippen LogP contribution in [0.2, 0.25) is 0 Å². The van der Waals surface area contributed by atoms with Crippen molar-refractivity contribution in [1.82, 2.24) is 0 Å². The van der Waals surface area contributed by atoms with E-state index in [4.69, 9.17) is 9.47 Å². The first-order valence-electron chi connectivity index (χ1n) is 10.9. The van der Waals surface area contributed by atoms with Crippen LogP contribution in [0, 0.1) is 6.92 Å². The normalized spacial score (nSPS) is 11.1. The minimum Gasteiger partial charge on any atom is -0.497 e. The van der Waals surface area contributed by atoms with Crippen molar-refractivity contribution in [2.75, 3.05) is 7.11 Å². The van der Waals surface area contributed by atoms with Gasteiger partial charge in [0.15, 0.2) is 11.6 Å². The van der Waals surface area contributed by atoms with Crippen LogP contribution in [0.1, 0.15) is 37.4 Å². The summed E-state index contributed by atoms with van der Waals surface area (Å²) in [5.41, 5.74) is 2.23.